The van der Waals surface area contributed by atoms with Crippen molar-refractivity contribution < 1.29 is 4.74 Å². The predicted molar refractivity (Wildman–Crippen MR) is 60.7 cm³/mol. The lowest BCUT2D eigenvalue weighted by Gasteiger charge is -2.12. The van der Waals surface area contributed by atoms with Gasteiger partial charge in [-0.1, -0.05) is 12.1 Å². The van der Waals surface area contributed by atoms with Gasteiger partial charge < -0.3 is 10.1 Å². The van der Waals surface area contributed by atoms with E-state index in [0.29, 0.717) is 6.04 Å². The minimum Gasteiger partial charge on any atom is -0.491 e. The molecule has 1 heterocycles. The van der Waals surface area contributed by atoms with Crippen molar-refractivity contribution >= 4 is 15.9 Å². The van der Waals surface area contributed by atoms with Gasteiger partial charge in [-0.2, -0.15) is 0 Å². The van der Waals surface area contributed by atoms with Crippen molar-refractivity contribution in [2.45, 2.75) is 18.9 Å². The van der Waals surface area contributed by atoms with Crippen molar-refractivity contribution in [3.63, 3.8) is 0 Å². The fraction of sp³-hybridized carbons (Fsp3) is 0.455. The molecule has 14 heavy (non-hydrogen) atoms. The predicted octanol–water partition coefficient (Wildman–Crippen LogP) is 2.58. The van der Waals surface area contributed by atoms with E-state index in [1.165, 1.54) is 12.8 Å². The van der Waals surface area contributed by atoms with Gasteiger partial charge in [0, 0.05) is 6.04 Å². The van der Waals surface area contributed by atoms with Crippen LogP contribution in [0.4, 0.5) is 0 Å². The van der Waals surface area contributed by atoms with Gasteiger partial charge in [0.05, 0.1) is 4.47 Å². The van der Waals surface area contributed by atoms with Crippen LogP contribution >= 0.6 is 15.9 Å². The van der Waals surface area contributed by atoms with Crippen LogP contribution in [0.3, 0.4) is 0 Å². The maximum atomic E-state index is 5.71. The van der Waals surface area contributed by atoms with E-state index in [-0.39, 0.29) is 0 Å². The van der Waals surface area contributed by atoms with Gasteiger partial charge in [-0.25, -0.2) is 0 Å². The number of rotatable bonds is 3. The summed E-state index contributed by atoms with van der Waals surface area (Å²) in [5.41, 5.74) is 0. The highest BCUT2D eigenvalue weighted by atomic mass is 79.9. The SMILES string of the molecule is Brc1ccccc1OCC1CCCN1. The van der Waals surface area contributed by atoms with E-state index in [1.54, 1.807) is 0 Å². The Balaban J connectivity index is 1.88. The molecule has 0 spiro atoms. The Morgan fingerprint density at radius 2 is 2.29 bits per heavy atom. The molecule has 0 bridgehead atoms. The normalized spacial score (nSPS) is 21.1. The first-order chi connectivity index (χ1) is 6.86. The molecule has 0 radical (unpaired) electrons. The van der Waals surface area contributed by atoms with Crippen LogP contribution in [-0.4, -0.2) is 19.2 Å². The number of halogens is 1. The van der Waals surface area contributed by atoms with Crippen molar-refractivity contribution in [3.05, 3.63) is 28.7 Å². The Bertz CT molecular complexity index is 297. The summed E-state index contributed by atoms with van der Waals surface area (Å²) in [5.74, 6) is 0.932. The zero-order chi connectivity index (χ0) is 9.80. The van der Waals surface area contributed by atoms with Crippen LogP contribution in [-0.2, 0) is 0 Å². The minimum absolute atomic E-state index is 0.530. The smallest absolute Gasteiger partial charge is 0.133 e. The van der Waals surface area contributed by atoms with Crippen LogP contribution in [0.15, 0.2) is 28.7 Å². The van der Waals surface area contributed by atoms with E-state index in [2.05, 4.69) is 21.2 Å². The van der Waals surface area contributed by atoms with Crippen molar-refractivity contribution in [2.75, 3.05) is 13.2 Å². The number of nitrogens with one attached hydrogen (secondary N) is 1. The second-order valence-corrected chi connectivity index (χ2v) is 4.39. The Morgan fingerprint density at radius 1 is 1.43 bits per heavy atom. The second kappa shape index (κ2) is 4.80. The van der Waals surface area contributed by atoms with E-state index < -0.39 is 0 Å². The third-order valence-electron chi connectivity index (χ3n) is 2.44. The average molecular weight is 256 g/mol. The van der Waals surface area contributed by atoms with Gasteiger partial charge in [-0.3, -0.25) is 0 Å². The molecule has 76 valence electrons. The Labute approximate surface area is 92.8 Å². The molecule has 1 aromatic carbocycles. The molecule has 1 aliphatic rings. The molecule has 0 aliphatic carbocycles. The first-order valence-electron chi connectivity index (χ1n) is 4.97. The maximum absolute atomic E-state index is 5.71. The fourth-order valence-electron chi connectivity index (χ4n) is 1.65. The molecule has 0 amide bonds. The summed E-state index contributed by atoms with van der Waals surface area (Å²) in [6.07, 6.45) is 2.49. The lowest BCUT2D eigenvalue weighted by Crippen LogP contribution is -2.28. The lowest BCUT2D eigenvalue weighted by atomic mass is 10.2. The van der Waals surface area contributed by atoms with Gasteiger partial charge in [0.2, 0.25) is 0 Å². The zero-order valence-electron chi connectivity index (χ0n) is 8.00. The van der Waals surface area contributed by atoms with Crippen molar-refractivity contribution in [3.8, 4) is 5.75 Å². The van der Waals surface area contributed by atoms with E-state index in [9.17, 15) is 0 Å². The standard InChI is InChI=1S/C11H14BrNO/c12-10-5-1-2-6-11(10)14-8-9-4-3-7-13-9/h1-2,5-6,9,13H,3-4,7-8H2. The van der Waals surface area contributed by atoms with E-state index >= 15 is 0 Å². The van der Waals surface area contributed by atoms with E-state index in [4.69, 9.17) is 4.74 Å². The molecular weight excluding hydrogens is 242 g/mol. The third-order valence-corrected chi connectivity index (χ3v) is 3.09. The summed E-state index contributed by atoms with van der Waals surface area (Å²) >= 11 is 3.46. The molecule has 1 N–H and O–H groups in total. The molecule has 1 aromatic rings. The quantitative estimate of drug-likeness (QED) is 0.897. The average Bonchev–Trinajstić information content (AvgIpc) is 2.69. The lowest BCUT2D eigenvalue weighted by molar-refractivity contribution is 0.275. The number of para-hydroxylation sites is 1. The molecule has 1 atom stereocenters. The summed E-state index contributed by atoms with van der Waals surface area (Å²) in [6, 6.07) is 8.49. The van der Waals surface area contributed by atoms with Crippen molar-refractivity contribution in [1.82, 2.24) is 5.32 Å². The fourth-order valence-corrected chi connectivity index (χ4v) is 2.05. The highest BCUT2D eigenvalue weighted by Gasteiger charge is 2.14. The summed E-state index contributed by atoms with van der Waals surface area (Å²) in [7, 11) is 0. The second-order valence-electron chi connectivity index (χ2n) is 3.53. The molecule has 1 unspecified atom stereocenters. The summed E-state index contributed by atoms with van der Waals surface area (Å²) in [5, 5.41) is 3.41. The zero-order valence-corrected chi connectivity index (χ0v) is 9.59. The van der Waals surface area contributed by atoms with Gasteiger partial charge >= 0.3 is 0 Å². The number of ether oxygens (including phenoxy) is 1. The van der Waals surface area contributed by atoms with Crippen LogP contribution in [0.5, 0.6) is 5.75 Å². The van der Waals surface area contributed by atoms with Crippen molar-refractivity contribution in [1.29, 1.82) is 0 Å². The van der Waals surface area contributed by atoms with Gasteiger partial charge in [-0.05, 0) is 47.4 Å². The Hall–Kier alpha value is -0.540. The molecule has 2 rings (SSSR count). The van der Waals surface area contributed by atoms with Gasteiger partial charge in [0.15, 0.2) is 0 Å². The highest BCUT2D eigenvalue weighted by Crippen LogP contribution is 2.24. The van der Waals surface area contributed by atoms with Crippen LogP contribution in [0.1, 0.15) is 12.8 Å². The van der Waals surface area contributed by atoms with Crippen LogP contribution in [0.2, 0.25) is 0 Å². The Kier molecular flexibility index (Phi) is 3.43. The maximum Gasteiger partial charge on any atom is 0.133 e. The molecule has 0 saturated carbocycles. The summed E-state index contributed by atoms with van der Waals surface area (Å²) < 4.78 is 6.74. The van der Waals surface area contributed by atoms with Crippen LogP contribution in [0.25, 0.3) is 0 Å². The summed E-state index contributed by atoms with van der Waals surface area (Å²) in [6.45, 7) is 1.90. The van der Waals surface area contributed by atoms with Gasteiger partial charge in [0.25, 0.3) is 0 Å². The number of benzene rings is 1. The highest BCUT2D eigenvalue weighted by molar-refractivity contribution is 9.10. The third kappa shape index (κ3) is 2.49. The molecule has 1 fully saturated rings. The molecule has 1 aliphatic heterocycles. The molecule has 0 aromatic heterocycles. The number of hydrogen-bond donors (Lipinski definition) is 1. The molecule has 3 heteroatoms. The number of hydrogen-bond acceptors (Lipinski definition) is 2. The first-order valence-corrected chi connectivity index (χ1v) is 5.76. The Morgan fingerprint density at radius 3 is 3.00 bits per heavy atom. The van der Waals surface area contributed by atoms with E-state index in [0.717, 1.165) is 23.4 Å². The van der Waals surface area contributed by atoms with Crippen LogP contribution in [0, 0.1) is 0 Å². The van der Waals surface area contributed by atoms with Crippen LogP contribution < -0.4 is 10.1 Å². The molecule has 1 saturated heterocycles. The monoisotopic (exact) mass is 255 g/mol. The first kappa shape index (κ1) is 9.99. The minimum atomic E-state index is 0.530. The van der Waals surface area contributed by atoms with Gasteiger partial charge in [0.1, 0.15) is 12.4 Å². The van der Waals surface area contributed by atoms with E-state index in [1.807, 2.05) is 24.3 Å². The van der Waals surface area contributed by atoms with Crippen molar-refractivity contribution in [2.24, 2.45) is 0 Å². The molecule has 2 nitrogen and oxygen atoms in total. The molecular formula is C11H14BrNO. The summed E-state index contributed by atoms with van der Waals surface area (Å²) in [4.78, 5) is 0. The topological polar surface area (TPSA) is 21.3 Å². The largest absolute Gasteiger partial charge is 0.491 e. The van der Waals surface area contributed by atoms with Gasteiger partial charge in [-0.15, -0.1) is 0 Å².